The van der Waals surface area contributed by atoms with Crippen LogP contribution in [0.1, 0.15) is 25.0 Å². The quantitative estimate of drug-likeness (QED) is 0.142. The Kier molecular flexibility index (Phi) is 8.86. The summed E-state index contributed by atoms with van der Waals surface area (Å²) in [6, 6.07) is 84.1. The molecule has 0 amide bonds. The second-order valence-electron chi connectivity index (χ2n) is 16.6. The van der Waals surface area contributed by atoms with Gasteiger partial charge >= 0.3 is 0 Å². The molecule has 0 aliphatic heterocycles. The molecule has 0 saturated carbocycles. The Labute approximate surface area is 358 Å². The molecule has 0 spiro atoms. The van der Waals surface area contributed by atoms with Crippen molar-refractivity contribution >= 4 is 55.7 Å². The van der Waals surface area contributed by atoms with Gasteiger partial charge < -0.3 is 9.80 Å². The highest BCUT2D eigenvalue weighted by Gasteiger charge is 2.36. The minimum absolute atomic E-state index is 0.114. The molecular formula is C59H44N2. The first-order valence-corrected chi connectivity index (χ1v) is 21.2. The second kappa shape index (κ2) is 14.9. The van der Waals surface area contributed by atoms with Crippen LogP contribution in [0, 0.1) is 0 Å². The maximum Gasteiger partial charge on any atom is 0.0546 e. The number of benzene rings is 10. The van der Waals surface area contributed by atoms with Crippen LogP contribution in [0.5, 0.6) is 0 Å². The highest BCUT2D eigenvalue weighted by molar-refractivity contribution is 6.16. The first-order valence-electron chi connectivity index (χ1n) is 21.2. The molecule has 0 saturated heterocycles. The van der Waals surface area contributed by atoms with E-state index in [9.17, 15) is 0 Å². The number of hydrogen-bond donors (Lipinski definition) is 0. The molecule has 1 aliphatic rings. The van der Waals surface area contributed by atoms with Gasteiger partial charge in [0.25, 0.3) is 0 Å². The van der Waals surface area contributed by atoms with Crippen LogP contribution in [0.3, 0.4) is 0 Å². The predicted molar refractivity (Wildman–Crippen MR) is 259 cm³/mol. The zero-order valence-corrected chi connectivity index (χ0v) is 34.3. The lowest BCUT2D eigenvalue weighted by molar-refractivity contribution is 0.661. The summed E-state index contributed by atoms with van der Waals surface area (Å²) in [6.45, 7) is 4.74. The van der Waals surface area contributed by atoms with Crippen molar-refractivity contribution in [3.05, 3.63) is 242 Å². The maximum atomic E-state index is 2.49. The van der Waals surface area contributed by atoms with Crippen molar-refractivity contribution in [1.29, 1.82) is 0 Å². The topological polar surface area (TPSA) is 6.48 Å². The molecule has 0 bridgehead atoms. The molecule has 0 unspecified atom stereocenters. The summed E-state index contributed by atoms with van der Waals surface area (Å²) in [5, 5.41) is 4.96. The molecule has 0 heterocycles. The van der Waals surface area contributed by atoms with Crippen LogP contribution >= 0.6 is 0 Å². The van der Waals surface area contributed by atoms with E-state index in [2.05, 4.69) is 254 Å². The van der Waals surface area contributed by atoms with Crippen LogP contribution in [0.15, 0.2) is 231 Å². The van der Waals surface area contributed by atoms with Gasteiger partial charge in [0.2, 0.25) is 0 Å². The number of fused-ring (bicyclic) bond motifs is 6. The van der Waals surface area contributed by atoms with Gasteiger partial charge in [-0.2, -0.15) is 0 Å². The molecule has 2 heteroatoms. The van der Waals surface area contributed by atoms with E-state index in [-0.39, 0.29) is 5.41 Å². The van der Waals surface area contributed by atoms with Crippen molar-refractivity contribution in [3.63, 3.8) is 0 Å². The third-order valence-electron chi connectivity index (χ3n) is 12.6. The Morgan fingerprint density at radius 3 is 1.56 bits per heavy atom. The van der Waals surface area contributed by atoms with Crippen LogP contribution in [0.4, 0.5) is 34.1 Å². The average Bonchev–Trinajstić information content (AvgIpc) is 3.55. The van der Waals surface area contributed by atoms with Gasteiger partial charge in [0.15, 0.2) is 0 Å². The molecule has 0 aromatic heterocycles. The van der Waals surface area contributed by atoms with E-state index in [1.807, 2.05) is 0 Å². The molecule has 11 rings (SSSR count). The van der Waals surface area contributed by atoms with E-state index in [1.165, 1.54) is 66.1 Å². The van der Waals surface area contributed by atoms with Gasteiger partial charge in [-0.05, 0) is 133 Å². The molecule has 1 aliphatic carbocycles. The smallest absolute Gasteiger partial charge is 0.0546 e. The van der Waals surface area contributed by atoms with Crippen LogP contribution < -0.4 is 9.80 Å². The molecule has 0 fully saturated rings. The number of nitrogens with zero attached hydrogens (tertiary/aromatic N) is 2. The molecule has 290 valence electrons. The molecule has 2 nitrogen and oxygen atoms in total. The lowest BCUT2D eigenvalue weighted by atomic mass is 9.81. The van der Waals surface area contributed by atoms with Gasteiger partial charge in [0, 0.05) is 39.2 Å². The average molecular weight is 781 g/mol. The fourth-order valence-electron chi connectivity index (χ4n) is 9.57. The fourth-order valence-corrected chi connectivity index (χ4v) is 9.57. The molecule has 61 heavy (non-hydrogen) atoms. The molecular weight excluding hydrogens is 737 g/mol. The minimum atomic E-state index is -0.114. The molecule has 0 radical (unpaired) electrons. The van der Waals surface area contributed by atoms with Gasteiger partial charge in [-0.15, -0.1) is 0 Å². The van der Waals surface area contributed by atoms with Gasteiger partial charge in [-0.1, -0.05) is 172 Å². The molecule has 10 aromatic carbocycles. The largest absolute Gasteiger partial charge is 0.310 e. The standard InChI is InChI=1S/C59H44N2/c1-59(2)56-31-15-14-30-52(56)54-39-55-53(40-57(54)59)51-29-13-12-22-45(51)37-58(55)61(47-34-32-43(33-35-47)41-18-6-3-7-19-41)50-28-17-27-49(38-50)60(46-24-10-5-11-25-46)48-26-16-23-44(36-48)42-20-8-4-9-21-42/h3-40H,1-2H3. The van der Waals surface area contributed by atoms with E-state index < -0.39 is 0 Å². The van der Waals surface area contributed by atoms with Gasteiger partial charge in [-0.25, -0.2) is 0 Å². The van der Waals surface area contributed by atoms with Crippen molar-refractivity contribution in [2.45, 2.75) is 19.3 Å². The van der Waals surface area contributed by atoms with Crippen molar-refractivity contribution < 1.29 is 0 Å². The van der Waals surface area contributed by atoms with Crippen LogP contribution in [0.25, 0.3) is 54.9 Å². The van der Waals surface area contributed by atoms with Gasteiger partial charge in [0.05, 0.1) is 5.69 Å². The summed E-state index contributed by atoms with van der Waals surface area (Å²) in [4.78, 5) is 4.84. The second-order valence-corrected chi connectivity index (χ2v) is 16.6. The summed E-state index contributed by atoms with van der Waals surface area (Å²) >= 11 is 0. The number of rotatable bonds is 8. The zero-order chi connectivity index (χ0) is 40.9. The van der Waals surface area contributed by atoms with Crippen LogP contribution in [0.2, 0.25) is 0 Å². The monoisotopic (exact) mass is 780 g/mol. The van der Waals surface area contributed by atoms with Crippen molar-refractivity contribution in [2.24, 2.45) is 0 Å². The number of anilines is 6. The van der Waals surface area contributed by atoms with E-state index in [4.69, 9.17) is 0 Å². The maximum absolute atomic E-state index is 2.49. The summed E-state index contributed by atoms with van der Waals surface area (Å²) in [6.07, 6.45) is 0. The van der Waals surface area contributed by atoms with E-state index in [0.29, 0.717) is 0 Å². The first-order chi connectivity index (χ1) is 30.0. The highest BCUT2D eigenvalue weighted by atomic mass is 15.2. The lowest BCUT2D eigenvalue weighted by Gasteiger charge is -2.31. The Balaban J connectivity index is 1.15. The predicted octanol–water partition coefficient (Wildman–Crippen LogP) is 16.6. The zero-order valence-electron chi connectivity index (χ0n) is 34.3. The normalized spacial score (nSPS) is 12.6. The lowest BCUT2D eigenvalue weighted by Crippen LogP contribution is -2.15. The Morgan fingerprint density at radius 1 is 0.295 bits per heavy atom. The number of hydrogen-bond acceptors (Lipinski definition) is 2. The van der Waals surface area contributed by atoms with Crippen molar-refractivity contribution in [3.8, 4) is 33.4 Å². The van der Waals surface area contributed by atoms with E-state index in [1.54, 1.807) is 0 Å². The van der Waals surface area contributed by atoms with Crippen molar-refractivity contribution in [1.82, 2.24) is 0 Å². The summed E-state index contributed by atoms with van der Waals surface area (Å²) in [5.74, 6) is 0. The summed E-state index contributed by atoms with van der Waals surface area (Å²) in [7, 11) is 0. The molecule has 0 atom stereocenters. The third kappa shape index (κ3) is 6.36. The summed E-state index contributed by atoms with van der Waals surface area (Å²) < 4.78 is 0. The minimum Gasteiger partial charge on any atom is -0.310 e. The number of para-hydroxylation sites is 1. The Bertz CT molecular complexity index is 3210. The van der Waals surface area contributed by atoms with Crippen LogP contribution in [-0.2, 0) is 5.41 Å². The Hall–Kier alpha value is -7.68. The van der Waals surface area contributed by atoms with Crippen LogP contribution in [-0.4, -0.2) is 0 Å². The highest BCUT2D eigenvalue weighted by Crippen LogP contribution is 2.53. The molecule has 10 aromatic rings. The van der Waals surface area contributed by atoms with Gasteiger partial charge in [0.1, 0.15) is 0 Å². The first kappa shape index (κ1) is 36.4. The van der Waals surface area contributed by atoms with E-state index in [0.717, 1.165) is 34.1 Å². The third-order valence-corrected chi connectivity index (χ3v) is 12.6. The van der Waals surface area contributed by atoms with E-state index >= 15 is 0 Å². The summed E-state index contributed by atoms with van der Waals surface area (Å²) in [5.41, 5.74) is 16.6. The fraction of sp³-hybridized carbons (Fsp3) is 0.0508. The Morgan fingerprint density at radius 2 is 0.820 bits per heavy atom. The molecule has 0 N–H and O–H groups in total. The SMILES string of the molecule is CC1(C)c2ccccc2-c2cc3c(N(c4ccc(-c5ccccc5)cc4)c4cccc(N(c5ccccc5)c5cccc(-c6ccccc6)c5)c4)cc4ccccc4c3cc21. The van der Waals surface area contributed by atoms with Gasteiger partial charge in [-0.3, -0.25) is 0 Å². The van der Waals surface area contributed by atoms with Crippen molar-refractivity contribution in [2.75, 3.05) is 9.80 Å².